The third-order valence-corrected chi connectivity index (χ3v) is 6.25. The number of rotatable bonds is 2. The van der Waals surface area contributed by atoms with E-state index in [0.29, 0.717) is 51.0 Å². The van der Waals surface area contributed by atoms with Crippen LogP contribution in [0.3, 0.4) is 0 Å². The fourth-order valence-corrected chi connectivity index (χ4v) is 4.75. The summed E-state index contributed by atoms with van der Waals surface area (Å²) in [4.78, 5) is 13.1. The Bertz CT molecular complexity index is 883. The highest BCUT2D eigenvalue weighted by Gasteiger charge is 2.43. The second-order valence-electron chi connectivity index (χ2n) is 8.18. The molecule has 0 spiro atoms. The number of pyridine rings is 1. The minimum atomic E-state index is -4.56. The average molecular weight is 438 g/mol. The first-order valence-electron chi connectivity index (χ1n) is 10.5. The van der Waals surface area contributed by atoms with E-state index >= 15 is 0 Å². The van der Waals surface area contributed by atoms with Crippen LogP contribution in [0.25, 0.3) is 5.70 Å². The van der Waals surface area contributed by atoms with Crippen LogP contribution in [0.1, 0.15) is 24.0 Å². The monoisotopic (exact) mass is 438 g/mol. The summed E-state index contributed by atoms with van der Waals surface area (Å²) < 4.78 is 52.5. The molecule has 8 nitrogen and oxygen atoms in total. The number of alkyl halides is 3. The lowest BCUT2D eigenvalue weighted by molar-refractivity contribution is -0.137. The number of aliphatic imine (C=N–C) groups is 1. The second kappa shape index (κ2) is 7.95. The van der Waals surface area contributed by atoms with Crippen LogP contribution in [0.4, 0.5) is 19.0 Å². The molecule has 1 aromatic rings. The minimum Gasteiger partial charge on any atom is -0.384 e. The topological polar surface area (TPSA) is 88.2 Å². The van der Waals surface area contributed by atoms with E-state index in [1.807, 2.05) is 0 Å². The maximum atomic E-state index is 13.8. The van der Waals surface area contributed by atoms with Crippen molar-refractivity contribution < 1.29 is 22.6 Å². The molecule has 0 aliphatic carbocycles. The molecule has 0 aromatic carbocycles. The van der Waals surface area contributed by atoms with Crippen molar-refractivity contribution in [2.45, 2.75) is 37.4 Å². The second-order valence-corrected chi connectivity index (χ2v) is 8.18. The maximum Gasteiger partial charge on any atom is 0.417 e. The summed E-state index contributed by atoms with van der Waals surface area (Å²) in [6.45, 7) is 3.59. The first-order valence-corrected chi connectivity index (χ1v) is 10.5. The van der Waals surface area contributed by atoms with Crippen LogP contribution >= 0.6 is 0 Å². The number of fused-ring (bicyclic) bond motifs is 2. The SMILES string of the molecule is Nc1cc(C(F)(F)F)c(C2=CC(N3CCOCC3)=NC(N3C4CCC3COC4)N2)cn1. The molecule has 31 heavy (non-hydrogen) atoms. The standard InChI is InChI=1S/C20H25F3N6O2/c21-20(22,23)15-7-17(24)25-9-14(15)16-8-18(28-3-5-30-6-4-28)27-19(26-16)29-12-1-2-13(29)11-31-10-12/h7-9,12-13,19,26H,1-6,10-11H2,(H2,24,25). The van der Waals surface area contributed by atoms with Crippen molar-refractivity contribution in [3.63, 3.8) is 0 Å². The van der Waals surface area contributed by atoms with Crippen LogP contribution in [-0.2, 0) is 15.7 Å². The molecule has 5 rings (SSSR count). The smallest absolute Gasteiger partial charge is 0.384 e. The summed E-state index contributed by atoms with van der Waals surface area (Å²) in [6, 6.07) is 1.26. The largest absolute Gasteiger partial charge is 0.417 e. The van der Waals surface area contributed by atoms with Gasteiger partial charge < -0.3 is 25.4 Å². The molecule has 11 heteroatoms. The molecule has 0 saturated carbocycles. The quantitative estimate of drug-likeness (QED) is 0.724. The number of hydrogen-bond donors (Lipinski definition) is 2. The van der Waals surface area contributed by atoms with Crippen LogP contribution in [0.15, 0.2) is 23.3 Å². The summed E-state index contributed by atoms with van der Waals surface area (Å²) >= 11 is 0. The molecule has 3 saturated heterocycles. The van der Waals surface area contributed by atoms with E-state index in [0.717, 1.165) is 18.9 Å². The zero-order valence-electron chi connectivity index (χ0n) is 16.9. The third-order valence-electron chi connectivity index (χ3n) is 6.25. The Kier molecular flexibility index (Phi) is 5.27. The Morgan fingerprint density at radius 2 is 1.81 bits per heavy atom. The third kappa shape index (κ3) is 3.97. The van der Waals surface area contributed by atoms with Crippen molar-refractivity contribution in [1.82, 2.24) is 20.1 Å². The van der Waals surface area contributed by atoms with Gasteiger partial charge in [-0.05, 0) is 18.9 Å². The zero-order chi connectivity index (χ0) is 21.6. The van der Waals surface area contributed by atoms with Crippen LogP contribution < -0.4 is 11.1 Å². The molecule has 3 N–H and O–H groups in total. The maximum absolute atomic E-state index is 13.8. The molecule has 3 unspecified atom stereocenters. The van der Waals surface area contributed by atoms with Crippen LogP contribution in [0, 0.1) is 0 Å². The summed E-state index contributed by atoms with van der Waals surface area (Å²) in [5.41, 5.74) is 5.06. The molecule has 0 radical (unpaired) electrons. The number of anilines is 1. The van der Waals surface area contributed by atoms with E-state index < -0.39 is 18.0 Å². The molecule has 1 aromatic heterocycles. The van der Waals surface area contributed by atoms with Crippen molar-refractivity contribution in [2.24, 2.45) is 4.99 Å². The fraction of sp³-hybridized carbons (Fsp3) is 0.600. The van der Waals surface area contributed by atoms with Gasteiger partial charge in [-0.1, -0.05) is 0 Å². The lowest BCUT2D eigenvalue weighted by Gasteiger charge is -2.42. The van der Waals surface area contributed by atoms with Gasteiger partial charge in [0, 0.05) is 48.7 Å². The van der Waals surface area contributed by atoms with Gasteiger partial charge >= 0.3 is 6.18 Å². The van der Waals surface area contributed by atoms with Crippen molar-refractivity contribution in [1.29, 1.82) is 0 Å². The van der Waals surface area contributed by atoms with E-state index in [2.05, 4.69) is 20.1 Å². The van der Waals surface area contributed by atoms with Crippen molar-refractivity contribution >= 4 is 17.4 Å². The number of hydrogen-bond acceptors (Lipinski definition) is 8. The van der Waals surface area contributed by atoms with E-state index in [-0.39, 0.29) is 23.5 Å². The average Bonchev–Trinajstić information content (AvgIpc) is 3.02. The van der Waals surface area contributed by atoms with Gasteiger partial charge in [0.1, 0.15) is 11.7 Å². The molecule has 4 aliphatic heterocycles. The molecule has 3 atom stereocenters. The molecular weight excluding hydrogens is 413 g/mol. The van der Waals surface area contributed by atoms with Gasteiger partial charge in [0.2, 0.25) is 0 Å². The number of aromatic nitrogens is 1. The zero-order valence-corrected chi connectivity index (χ0v) is 16.9. The summed E-state index contributed by atoms with van der Waals surface area (Å²) in [7, 11) is 0. The van der Waals surface area contributed by atoms with Crippen molar-refractivity contribution in [2.75, 3.05) is 45.3 Å². The highest BCUT2D eigenvalue weighted by atomic mass is 19.4. The number of amidine groups is 1. The van der Waals surface area contributed by atoms with Gasteiger partial charge in [-0.15, -0.1) is 0 Å². The van der Waals surface area contributed by atoms with E-state index in [1.54, 1.807) is 6.08 Å². The molecule has 5 heterocycles. The number of morpholine rings is 2. The van der Waals surface area contributed by atoms with Gasteiger partial charge in [-0.2, -0.15) is 13.2 Å². The Morgan fingerprint density at radius 1 is 1.10 bits per heavy atom. The summed E-state index contributed by atoms with van der Waals surface area (Å²) in [5.74, 6) is 0.482. The van der Waals surface area contributed by atoms with Gasteiger partial charge in [-0.25, -0.2) is 9.98 Å². The van der Waals surface area contributed by atoms with Gasteiger partial charge in [0.25, 0.3) is 0 Å². The molecule has 168 valence electrons. The van der Waals surface area contributed by atoms with Crippen LogP contribution in [-0.4, -0.2) is 78.5 Å². The highest BCUT2D eigenvalue weighted by molar-refractivity contribution is 6.00. The number of nitrogens with zero attached hydrogens (tertiary/aromatic N) is 4. The minimum absolute atomic E-state index is 0.0343. The van der Waals surface area contributed by atoms with Crippen LogP contribution in [0.2, 0.25) is 0 Å². The predicted molar refractivity (Wildman–Crippen MR) is 108 cm³/mol. The van der Waals surface area contributed by atoms with Crippen LogP contribution in [0.5, 0.6) is 0 Å². The summed E-state index contributed by atoms with van der Waals surface area (Å²) in [5, 5.41) is 3.25. The Morgan fingerprint density at radius 3 is 2.48 bits per heavy atom. The molecule has 0 amide bonds. The lowest BCUT2D eigenvalue weighted by atomic mass is 10.0. The van der Waals surface area contributed by atoms with E-state index in [4.69, 9.17) is 20.2 Å². The molecular formula is C20H25F3N6O2. The fourth-order valence-electron chi connectivity index (χ4n) is 4.75. The number of ether oxygens (including phenoxy) is 2. The Labute approximate surface area is 177 Å². The van der Waals surface area contributed by atoms with E-state index in [1.165, 1.54) is 6.20 Å². The van der Waals surface area contributed by atoms with Gasteiger partial charge in [-0.3, -0.25) is 4.90 Å². The first kappa shape index (κ1) is 20.5. The molecule has 4 aliphatic rings. The highest BCUT2D eigenvalue weighted by Crippen LogP contribution is 2.37. The van der Waals surface area contributed by atoms with Gasteiger partial charge in [0.05, 0.1) is 32.0 Å². The lowest BCUT2D eigenvalue weighted by Crippen LogP contribution is -2.57. The van der Waals surface area contributed by atoms with E-state index in [9.17, 15) is 13.2 Å². The van der Waals surface area contributed by atoms with Crippen molar-refractivity contribution in [3.8, 4) is 0 Å². The number of nitrogens with one attached hydrogen (secondary N) is 1. The number of nitrogen functional groups attached to an aromatic ring is 1. The Hall–Kier alpha value is -2.37. The Balaban J connectivity index is 1.54. The van der Waals surface area contributed by atoms with Crippen molar-refractivity contribution in [3.05, 3.63) is 29.5 Å². The normalized spacial score (nSPS) is 29.4. The molecule has 3 fully saturated rings. The predicted octanol–water partition coefficient (Wildman–Crippen LogP) is 1.50. The number of halogens is 3. The molecule has 2 bridgehead atoms. The number of nitrogens with two attached hydrogens (primary N) is 1. The first-order chi connectivity index (χ1) is 14.9. The summed E-state index contributed by atoms with van der Waals surface area (Å²) in [6.07, 6.45) is -0.200. The van der Waals surface area contributed by atoms with Gasteiger partial charge in [0.15, 0.2) is 6.29 Å².